The monoisotopic (exact) mass is 199 g/mol. The second-order valence-electron chi connectivity index (χ2n) is 3.42. The molecule has 0 amide bonds. The Balaban J connectivity index is 2.44. The molecule has 74 valence electrons. The molecule has 3 nitrogen and oxygen atoms in total. The molecule has 0 aliphatic carbocycles. The molecular weight excluding hydrogens is 182 g/mol. The van der Waals surface area contributed by atoms with Crippen LogP contribution in [0.25, 0.3) is 0 Å². The van der Waals surface area contributed by atoms with Crippen LogP contribution in [0.1, 0.15) is 29.8 Å². The molecule has 0 aliphatic rings. The van der Waals surface area contributed by atoms with Crippen molar-refractivity contribution in [3.8, 4) is 0 Å². The lowest BCUT2D eigenvalue weighted by atomic mass is 10.3. The van der Waals surface area contributed by atoms with E-state index in [1.807, 2.05) is 13.1 Å². The van der Waals surface area contributed by atoms with Crippen LogP contribution in [0, 0.1) is 6.92 Å². The van der Waals surface area contributed by atoms with Crippen molar-refractivity contribution in [2.45, 2.75) is 32.9 Å². The summed E-state index contributed by atoms with van der Waals surface area (Å²) in [6.45, 7) is 7.01. The molecule has 0 spiro atoms. The Kier molecular flexibility index (Phi) is 3.84. The summed E-state index contributed by atoms with van der Waals surface area (Å²) >= 11 is 1.73. The number of nitrogens with zero attached hydrogens (tertiary/aromatic N) is 1. The Morgan fingerprint density at radius 3 is 2.77 bits per heavy atom. The maximum atomic E-state index is 5.64. The Morgan fingerprint density at radius 2 is 2.31 bits per heavy atom. The van der Waals surface area contributed by atoms with Gasteiger partial charge in [-0.1, -0.05) is 0 Å². The SMILES string of the molecule is Cc1cnc(C(C)NCC(C)N)s1. The number of hydrogen-bond acceptors (Lipinski definition) is 4. The van der Waals surface area contributed by atoms with Gasteiger partial charge in [-0.3, -0.25) is 0 Å². The molecule has 0 aromatic carbocycles. The van der Waals surface area contributed by atoms with Crippen molar-refractivity contribution in [2.24, 2.45) is 5.73 Å². The maximum absolute atomic E-state index is 5.64. The topological polar surface area (TPSA) is 50.9 Å². The first kappa shape index (κ1) is 10.6. The summed E-state index contributed by atoms with van der Waals surface area (Å²) in [6.07, 6.45) is 1.91. The normalized spacial score (nSPS) is 15.7. The summed E-state index contributed by atoms with van der Waals surface area (Å²) < 4.78 is 0. The second kappa shape index (κ2) is 4.69. The van der Waals surface area contributed by atoms with Gasteiger partial charge in [0.15, 0.2) is 0 Å². The first-order valence-electron chi connectivity index (χ1n) is 4.51. The van der Waals surface area contributed by atoms with Crippen LogP contribution < -0.4 is 11.1 Å². The third kappa shape index (κ3) is 3.42. The summed E-state index contributed by atoms with van der Waals surface area (Å²) in [5.41, 5.74) is 5.64. The van der Waals surface area contributed by atoms with Crippen molar-refractivity contribution in [1.82, 2.24) is 10.3 Å². The number of nitrogens with two attached hydrogens (primary N) is 1. The van der Waals surface area contributed by atoms with Crippen molar-refractivity contribution in [3.63, 3.8) is 0 Å². The van der Waals surface area contributed by atoms with Crippen LogP contribution in [0.5, 0.6) is 0 Å². The van der Waals surface area contributed by atoms with Gasteiger partial charge in [0.25, 0.3) is 0 Å². The highest BCUT2D eigenvalue weighted by Gasteiger charge is 2.08. The van der Waals surface area contributed by atoms with E-state index < -0.39 is 0 Å². The fourth-order valence-corrected chi connectivity index (χ4v) is 1.82. The minimum Gasteiger partial charge on any atom is -0.327 e. The summed E-state index contributed by atoms with van der Waals surface area (Å²) in [5, 5.41) is 4.47. The molecule has 0 radical (unpaired) electrons. The van der Waals surface area contributed by atoms with Gasteiger partial charge in [0.1, 0.15) is 5.01 Å². The second-order valence-corrected chi connectivity index (χ2v) is 4.68. The fourth-order valence-electron chi connectivity index (χ4n) is 1.02. The Bertz CT molecular complexity index is 257. The molecule has 2 unspecified atom stereocenters. The van der Waals surface area contributed by atoms with Gasteiger partial charge >= 0.3 is 0 Å². The maximum Gasteiger partial charge on any atom is 0.109 e. The van der Waals surface area contributed by atoms with Crippen LogP contribution in [0.3, 0.4) is 0 Å². The molecular formula is C9H17N3S. The van der Waals surface area contributed by atoms with Gasteiger partial charge in [-0.15, -0.1) is 11.3 Å². The molecule has 1 aromatic heterocycles. The molecule has 1 aromatic rings. The number of nitrogens with one attached hydrogen (secondary N) is 1. The van der Waals surface area contributed by atoms with E-state index in [0.717, 1.165) is 11.6 Å². The molecule has 0 saturated heterocycles. The summed E-state index contributed by atoms with van der Waals surface area (Å²) in [6, 6.07) is 0.508. The van der Waals surface area contributed by atoms with E-state index in [4.69, 9.17) is 5.73 Å². The first-order valence-corrected chi connectivity index (χ1v) is 5.32. The van der Waals surface area contributed by atoms with E-state index in [9.17, 15) is 0 Å². The van der Waals surface area contributed by atoms with E-state index >= 15 is 0 Å². The minimum absolute atomic E-state index is 0.198. The van der Waals surface area contributed by atoms with Crippen molar-refractivity contribution in [2.75, 3.05) is 6.54 Å². The molecule has 0 fully saturated rings. The van der Waals surface area contributed by atoms with Gasteiger partial charge in [-0.2, -0.15) is 0 Å². The van der Waals surface area contributed by atoms with Crippen LogP contribution in [0.2, 0.25) is 0 Å². The van der Waals surface area contributed by atoms with E-state index in [1.54, 1.807) is 11.3 Å². The van der Waals surface area contributed by atoms with Gasteiger partial charge in [0, 0.05) is 23.7 Å². The van der Waals surface area contributed by atoms with Crippen molar-refractivity contribution >= 4 is 11.3 Å². The predicted molar refractivity (Wildman–Crippen MR) is 56.9 cm³/mol. The standard InChI is InChI=1S/C9H17N3S/c1-6(10)4-11-8(3)9-12-5-7(2)13-9/h5-6,8,11H,4,10H2,1-3H3. The average Bonchev–Trinajstić information content (AvgIpc) is 2.47. The highest BCUT2D eigenvalue weighted by Crippen LogP contribution is 2.18. The largest absolute Gasteiger partial charge is 0.327 e. The Hall–Kier alpha value is -0.450. The van der Waals surface area contributed by atoms with Crippen molar-refractivity contribution < 1.29 is 0 Å². The van der Waals surface area contributed by atoms with Crippen LogP contribution in [0.4, 0.5) is 0 Å². The van der Waals surface area contributed by atoms with E-state index in [0.29, 0.717) is 6.04 Å². The molecule has 13 heavy (non-hydrogen) atoms. The average molecular weight is 199 g/mol. The summed E-state index contributed by atoms with van der Waals surface area (Å²) in [5.74, 6) is 0. The van der Waals surface area contributed by atoms with Crippen LogP contribution in [0.15, 0.2) is 6.20 Å². The van der Waals surface area contributed by atoms with Crippen molar-refractivity contribution in [3.05, 3.63) is 16.1 Å². The molecule has 4 heteroatoms. The van der Waals surface area contributed by atoms with Gasteiger partial charge in [0.2, 0.25) is 0 Å². The molecule has 1 heterocycles. The highest BCUT2D eigenvalue weighted by molar-refractivity contribution is 7.11. The minimum atomic E-state index is 0.198. The van der Waals surface area contributed by atoms with E-state index in [1.165, 1.54) is 4.88 Å². The zero-order valence-electron chi connectivity index (χ0n) is 8.37. The Morgan fingerprint density at radius 1 is 1.62 bits per heavy atom. The van der Waals surface area contributed by atoms with Gasteiger partial charge in [-0.05, 0) is 20.8 Å². The smallest absolute Gasteiger partial charge is 0.109 e. The van der Waals surface area contributed by atoms with Crippen LogP contribution in [-0.2, 0) is 0 Å². The first-order chi connectivity index (χ1) is 6.09. The molecule has 0 saturated carbocycles. The van der Waals surface area contributed by atoms with Gasteiger partial charge < -0.3 is 11.1 Å². The lowest BCUT2D eigenvalue weighted by Crippen LogP contribution is -2.32. The number of rotatable bonds is 4. The van der Waals surface area contributed by atoms with Gasteiger partial charge in [0.05, 0.1) is 6.04 Å². The molecule has 1 rings (SSSR count). The van der Waals surface area contributed by atoms with Crippen molar-refractivity contribution in [1.29, 1.82) is 0 Å². The number of aromatic nitrogens is 1. The Labute approximate surface area is 83.4 Å². The van der Waals surface area contributed by atoms with Gasteiger partial charge in [-0.25, -0.2) is 4.98 Å². The third-order valence-corrected chi connectivity index (χ3v) is 2.85. The molecule has 3 N–H and O–H groups in total. The summed E-state index contributed by atoms with van der Waals surface area (Å²) in [4.78, 5) is 5.56. The zero-order chi connectivity index (χ0) is 9.84. The lowest BCUT2D eigenvalue weighted by Gasteiger charge is -2.12. The third-order valence-electron chi connectivity index (χ3n) is 1.76. The number of thiazole rings is 1. The van der Waals surface area contributed by atoms with E-state index in [-0.39, 0.29) is 6.04 Å². The molecule has 2 atom stereocenters. The zero-order valence-corrected chi connectivity index (χ0v) is 9.19. The van der Waals surface area contributed by atoms with Crippen LogP contribution in [-0.4, -0.2) is 17.6 Å². The number of aryl methyl sites for hydroxylation is 1. The van der Waals surface area contributed by atoms with Crippen LogP contribution >= 0.6 is 11.3 Å². The predicted octanol–water partition coefficient (Wildman–Crippen LogP) is 1.45. The fraction of sp³-hybridized carbons (Fsp3) is 0.667. The molecule has 0 bridgehead atoms. The number of hydrogen-bond donors (Lipinski definition) is 2. The van der Waals surface area contributed by atoms with E-state index in [2.05, 4.69) is 24.1 Å². The highest BCUT2D eigenvalue weighted by atomic mass is 32.1. The quantitative estimate of drug-likeness (QED) is 0.771. The molecule has 0 aliphatic heterocycles. The lowest BCUT2D eigenvalue weighted by molar-refractivity contribution is 0.532. The summed E-state index contributed by atoms with van der Waals surface area (Å²) in [7, 11) is 0.